The van der Waals surface area contributed by atoms with Gasteiger partial charge in [-0.1, -0.05) is 111 Å². The smallest absolute Gasteiger partial charge is 0.0906 e. The second-order valence-corrected chi connectivity index (χ2v) is 9.28. The highest BCUT2D eigenvalue weighted by atomic mass is 32.2. The molecule has 1 saturated carbocycles. The molecule has 1 aliphatic carbocycles. The summed E-state index contributed by atoms with van der Waals surface area (Å²) in [6, 6.07) is 31.6. The molecule has 0 radical (unpaired) electrons. The average molecular weight is 387 g/mol. The Morgan fingerprint density at radius 2 is 1.18 bits per heavy atom. The molecule has 0 spiro atoms. The summed E-state index contributed by atoms with van der Waals surface area (Å²) in [5, 5.41) is 0. The first-order valence-electron chi connectivity index (χ1n) is 10.7. The van der Waals surface area contributed by atoms with Crippen molar-refractivity contribution in [1.82, 2.24) is 0 Å². The summed E-state index contributed by atoms with van der Waals surface area (Å²) in [5.74, 6) is 1.82. The highest BCUT2D eigenvalue weighted by molar-refractivity contribution is 8.00. The predicted octanol–water partition coefficient (Wildman–Crippen LogP) is 7.78. The molecule has 1 heteroatoms. The lowest BCUT2D eigenvalue weighted by atomic mass is 9.81. The van der Waals surface area contributed by atoms with Gasteiger partial charge < -0.3 is 0 Å². The first-order valence-corrected chi connectivity index (χ1v) is 11.7. The standard InChI is InChI=1S/C27H30S/c1-2-28-27(24-14-8-4-9-15-24,25-16-10-5-11-17-25)26-20-18-23(19-21-26)22-12-6-3-7-13-22/h4-5,8-11,14-22H,2-3,6-7,12-13H2,1H3. The topological polar surface area (TPSA) is 0 Å². The highest BCUT2D eigenvalue weighted by Crippen LogP contribution is 2.48. The number of hydrogen-bond acceptors (Lipinski definition) is 1. The van der Waals surface area contributed by atoms with Crippen LogP contribution in [0.1, 0.15) is 67.2 Å². The van der Waals surface area contributed by atoms with E-state index in [0.717, 1.165) is 11.7 Å². The van der Waals surface area contributed by atoms with Crippen LogP contribution in [0.5, 0.6) is 0 Å². The maximum absolute atomic E-state index is 2.40. The van der Waals surface area contributed by atoms with Crippen LogP contribution in [0.15, 0.2) is 84.9 Å². The Balaban J connectivity index is 1.81. The first kappa shape index (κ1) is 19.3. The molecule has 1 aliphatic rings. The second-order valence-electron chi connectivity index (χ2n) is 7.80. The number of rotatable bonds is 6. The fraction of sp³-hybridized carbons (Fsp3) is 0.333. The fourth-order valence-electron chi connectivity index (χ4n) is 4.74. The quantitative estimate of drug-likeness (QED) is 0.390. The van der Waals surface area contributed by atoms with E-state index in [2.05, 4.69) is 91.9 Å². The van der Waals surface area contributed by atoms with Gasteiger partial charge in [0.1, 0.15) is 0 Å². The van der Waals surface area contributed by atoms with E-state index >= 15 is 0 Å². The lowest BCUT2D eigenvalue weighted by Crippen LogP contribution is -2.26. The van der Waals surface area contributed by atoms with Crippen molar-refractivity contribution >= 4 is 11.8 Å². The van der Waals surface area contributed by atoms with Crippen LogP contribution < -0.4 is 0 Å². The Kier molecular flexibility index (Phi) is 6.22. The van der Waals surface area contributed by atoms with Gasteiger partial charge in [0.2, 0.25) is 0 Å². The molecule has 1 fully saturated rings. The molecule has 0 saturated heterocycles. The van der Waals surface area contributed by atoms with Gasteiger partial charge in [0.05, 0.1) is 4.75 Å². The van der Waals surface area contributed by atoms with Gasteiger partial charge in [-0.25, -0.2) is 0 Å². The number of thioether (sulfide) groups is 1. The van der Waals surface area contributed by atoms with Gasteiger partial charge in [0.25, 0.3) is 0 Å². The van der Waals surface area contributed by atoms with E-state index in [1.54, 1.807) is 0 Å². The van der Waals surface area contributed by atoms with Gasteiger partial charge in [0, 0.05) is 0 Å². The lowest BCUT2D eigenvalue weighted by Gasteiger charge is -2.35. The molecule has 0 atom stereocenters. The molecule has 0 aliphatic heterocycles. The molecule has 0 aromatic heterocycles. The molecule has 0 heterocycles. The maximum atomic E-state index is 2.40. The Morgan fingerprint density at radius 3 is 1.68 bits per heavy atom. The largest absolute Gasteiger partial charge is 0.141 e. The van der Waals surface area contributed by atoms with Gasteiger partial charge in [-0.05, 0) is 46.8 Å². The van der Waals surface area contributed by atoms with Crippen molar-refractivity contribution in [2.45, 2.75) is 49.7 Å². The van der Waals surface area contributed by atoms with Crippen molar-refractivity contribution in [1.29, 1.82) is 0 Å². The van der Waals surface area contributed by atoms with E-state index < -0.39 is 0 Å². The summed E-state index contributed by atoms with van der Waals surface area (Å²) in [7, 11) is 0. The zero-order valence-corrected chi connectivity index (χ0v) is 17.6. The molecule has 0 bridgehead atoms. The zero-order chi connectivity index (χ0) is 19.2. The van der Waals surface area contributed by atoms with E-state index in [0.29, 0.717) is 0 Å². The van der Waals surface area contributed by atoms with Crippen molar-refractivity contribution in [3.8, 4) is 0 Å². The Hall–Kier alpha value is -1.99. The summed E-state index contributed by atoms with van der Waals surface area (Å²) >= 11 is 2.02. The summed E-state index contributed by atoms with van der Waals surface area (Å²) in [6.07, 6.45) is 6.89. The van der Waals surface area contributed by atoms with Gasteiger partial charge in [-0.2, -0.15) is 0 Å². The molecular weight excluding hydrogens is 356 g/mol. The van der Waals surface area contributed by atoms with E-state index in [-0.39, 0.29) is 4.75 Å². The first-order chi connectivity index (χ1) is 13.8. The van der Waals surface area contributed by atoms with Crippen LogP contribution in [0.3, 0.4) is 0 Å². The SMILES string of the molecule is CCSC(c1ccccc1)(c1ccccc1)c1ccc(C2CCCCC2)cc1. The van der Waals surface area contributed by atoms with Crippen LogP contribution in [0, 0.1) is 0 Å². The molecular formula is C27H30S. The Bertz CT molecular complexity index is 806. The fourth-order valence-corrected chi connectivity index (χ4v) is 6.08. The summed E-state index contributed by atoms with van der Waals surface area (Å²) < 4.78 is -0.164. The van der Waals surface area contributed by atoms with Crippen molar-refractivity contribution in [2.24, 2.45) is 0 Å². The molecule has 28 heavy (non-hydrogen) atoms. The lowest BCUT2D eigenvalue weighted by molar-refractivity contribution is 0.443. The summed E-state index contributed by atoms with van der Waals surface area (Å²) in [5.41, 5.74) is 5.63. The Morgan fingerprint density at radius 1 is 0.679 bits per heavy atom. The van der Waals surface area contributed by atoms with Crippen molar-refractivity contribution < 1.29 is 0 Å². The van der Waals surface area contributed by atoms with E-state index in [1.807, 2.05) is 11.8 Å². The molecule has 3 aromatic rings. The minimum Gasteiger partial charge on any atom is -0.141 e. The van der Waals surface area contributed by atoms with Crippen molar-refractivity contribution in [2.75, 3.05) is 5.75 Å². The third kappa shape index (κ3) is 3.78. The van der Waals surface area contributed by atoms with Gasteiger partial charge in [-0.15, -0.1) is 11.8 Å². The van der Waals surface area contributed by atoms with E-state index in [9.17, 15) is 0 Å². The van der Waals surface area contributed by atoms with Gasteiger partial charge in [0.15, 0.2) is 0 Å². The van der Waals surface area contributed by atoms with Crippen LogP contribution >= 0.6 is 11.8 Å². The van der Waals surface area contributed by atoms with Crippen LogP contribution in [0.25, 0.3) is 0 Å². The van der Waals surface area contributed by atoms with Gasteiger partial charge in [-0.3, -0.25) is 0 Å². The predicted molar refractivity (Wildman–Crippen MR) is 123 cm³/mol. The third-order valence-electron chi connectivity index (χ3n) is 6.12. The third-order valence-corrected chi connectivity index (χ3v) is 7.54. The molecule has 0 nitrogen and oxygen atoms in total. The van der Waals surface area contributed by atoms with Crippen molar-refractivity contribution in [3.05, 3.63) is 107 Å². The van der Waals surface area contributed by atoms with Gasteiger partial charge >= 0.3 is 0 Å². The van der Waals surface area contributed by atoms with Crippen LogP contribution in [0.2, 0.25) is 0 Å². The zero-order valence-electron chi connectivity index (χ0n) is 16.8. The van der Waals surface area contributed by atoms with Crippen LogP contribution in [0.4, 0.5) is 0 Å². The average Bonchev–Trinajstić information content (AvgIpc) is 2.79. The number of hydrogen-bond donors (Lipinski definition) is 0. The molecule has 3 aromatic carbocycles. The second kappa shape index (κ2) is 9.01. The van der Waals surface area contributed by atoms with Crippen LogP contribution in [-0.2, 0) is 4.75 Å². The molecule has 0 amide bonds. The summed E-state index contributed by atoms with van der Waals surface area (Å²) in [4.78, 5) is 0. The van der Waals surface area contributed by atoms with Crippen molar-refractivity contribution in [3.63, 3.8) is 0 Å². The maximum Gasteiger partial charge on any atom is 0.0906 e. The minimum absolute atomic E-state index is 0.164. The number of benzene rings is 3. The summed E-state index contributed by atoms with van der Waals surface area (Å²) in [6.45, 7) is 2.27. The molecule has 0 unspecified atom stereocenters. The minimum atomic E-state index is -0.164. The molecule has 144 valence electrons. The normalized spacial score (nSPS) is 15.5. The highest BCUT2D eigenvalue weighted by Gasteiger charge is 2.36. The van der Waals surface area contributed by atoms with E-state index in [4.69, 9.17) is 0 Å². The molecule has 0 N–H and O–H groups in total. The van der Waals surface area contributed by atoms with Crippen LogP contribution in [-0.4, -0.2) is 5.75 Å². The monoisotopic (exact) mass is 386 g/mol. The molecule has 4 rings (SSSR count). The Labute approximate surface area is 174 Å². The van der Waals surface area contributed by atoms with E-state index in [1.165, 1.54) is 54.4 Å².